The molecule has 0 aromatic heterocycles. The molecule has 0 fully saturated rings. The molecule has 0 aliphatic carbocycles. The average Bonchev–Trinajstić information content (AvgIpc) is 2.49. The van der Waals surface area contributed by atoms with Crippen LogP contribution in [0.5, 0.6) is 0 Å². The lowest BCUT2D eigenvalue weighted by Gasteiger charge is -2.19. The summed E-state index contributed by atoms with van der Waals surface area (Å²) < 4.78 is 4.64. The van der Waals surface area contributed by atoms with E-state index in [1.54, 1.807) is 26.0 Å². The van der Waals surface area contributed by atoms with Crippen LogP contribution in [0.25, 0.3) is 0 Å². The molecule has 0 aliphatic rings. The van der Waals surface area contributed by atoms with E-state index in [-0.39, 0.29) is 18.4 Å². The van der Waals surface area contributed by atoms with Gasteiger partial charge in [0.25, 0.3) is 5.91 Å². The standard InChI is InChI=1S/C16H22N2O4/c1-10(2)14(16(21)22-4)18-13(19)9-17-15(20)12-8-6-5-7-11(12)3/h5-8,10,14H,9H2,1-4H3,(H,17,20)(H,18,19)/t14-/m0/s1. The number of amides is 2. The van der Waals surface area contributed by atoms with Crippen LogP contribution >= 0.6 is 0 Å². The Labute approximate surface area is 130 Å². The predicted octanol–water partition coefficient (Wildman–Crippen LogP) is 1.04. The van der Waals surface area contributed by atoms with Gasteiger partial charge in [-0.15, -0.1) is 0 Å². The lowest BCUT2D eigenvalue weighted by molar-refractivity contribution is -0.146. The highest BCUT2D eigenvalue weighted by Gasteiger charge is 2.24. The van der Waals surface area contributed by atoms with Gasteiger partial charge in [0.15, 0.2) is 0 Å². The van der Waals surface area contributed by atoms with Crippen LogP contribution in [-0.2, 0) is 14.3 Å². The number of aryl methyl sites for hydroxylation is 1. The van der Waals surface area contributed by atoms with Crippen LogP contribution in [0.2, 0.25) is 0 Å². The minimum absolute atomic E-state index is 0.108. The zero-order valence-corrected chi connectivity index (χ0v) is 13.3. The molecule has 0 unspecified atom stereocenters. The van der Waals surface area contributed by atoms with Crippen molar-refractivity contribution >= 4 is 17.8 Å². The summed E-state index contributed by atoms with van der Waals surface area (Å²) in [4.78, 5) is 35.4. The van der Waals surface area contributed by atoms with Crippen molar-refractivity contribution in [2.45, 2.75) is 26.8 Å². The van der Waals surface area contributed by atoms with Gasteiger partial charge in [0.2, 0.25) is 5.91 Å². The first-order chi connectivity index (χ1) is 10.4. The van der Waals surface area contributed by atoms with Gasteiger partial charge in [0, 0.05) is 5.56 Å². The maximum absolute atomic E-state index is 12.0. The topological polar surface area (TPSA) is 84.5 Å². The number of hydrogen-bond donors (Lipinski definition) is 2. The molecule has 0 saturated carbocycles. The van der Waals surface area contributed by atoms with Crippen molar-refractivity contribution < 1.29 is 19.1 Å². The number of methoxy groups -OCH3 is 1. The predicted molar refractivity (Wildman–Crippen MR) is 82.3 cm³/mol. The zero-order chi connectivity index (χ0) is 16.7. The van der Waals surface area contributed by atoms with Gasteiger partial charge >= 0.3 is 5.97 Å². The van der Waals surface area contributed by atoms with Crippen LogP contribution in [0.3, 0.4) is 0 Å². The second kappa shape index (κ2) is 8.17. The molecular weight excluding hydrogens is 284 g/mol. The van der Waals surface area contributed by atoms with Gasteiger partial charge in [0.05, 0.1) is 13.7 Å². The minimum atomic E-state index is -0.729. The Kier molecular flexibility index (Phi) is 6.56. The number of carbonyl (C=O) groups excluding carboxylic acids is 3. The molecular formula is C16H22N2O4. The number of esters is 1. The molecule has 6 heteroatoms. The number of rotatable bonds is 6. The van der Waals surface area contributed by atoms with Crippen LogP contribution < -0.4 is 10.6 Å². The van der Waals surface area contributed by atoms with E-state index in [2.05, 4.69) is 15.4 Å². The van der Waals surface area contributed by atoms with E-state index < -0.39 is 17.9 Å². The molecule has 6 nitrogen and oxygen atoms in total. The largest absolute Gasteiger partial charge is 0.467 e. The molecule has 1 aromatic rings. The molecule has 0 radical (unpaired) electrons. The third kappa shape index (κ3) is 4.87. The Morgan fingerprint density at radius 1 is 1.18 bits per heavy atom. The zero-order valence-electron chi connectivity index (χ0n) is 13.3. The van der Waals surface area contributed by atoms with Crippen LogP contribution in [-0.4, -0.2) is 37.5 Å². The smallest absolute Gasteiger partial charge is 0.328 e. The highest BCUT2D eigenvalue weighted by atomic mass is 16.5. The minimum Gasteiger partial charge on any atom is -0.467 e. The SMILES string of the molecule is COC(=O)[C@@H](NC(=O)CNC(=O)c1ccccc1C)C(C)C. The first-order valence-corrected chi connectivity index (χ1v) is 7.07. The summed E-state index contributed by atoms with van der Waals surface area (Å²) in [6.45, 7) is 5.22. The van der Waals surface area contributed by atoms with E-state index in [4.69, 9.17) is 0 Å². The summed E-state index contributed by atoms with van der Waals surface area (Å²) in [5.74, 6) is -1.38. The van der Waals surface area contributed by atoms with Gasteiger partial charge in [0.1, 0.15) is 6.04 Å². The fourth-order valence-corrected chi connectivity index (χ4v) is 1.93. The van der Waals surface area contributed by atoms with Crippen molar-refractivity contribution in [3.63, 3.8) is 0 Å². The van der Waals surface area contributed by atoms with Crippen LogP contribution in [0.15, 0.2) is 24.3 Å². The fourth-order valence-electron chi connectivity index (χ4n) is 1.93. The number of ether oxygens (including phenoxy) is 1. The Bertz CT molecular complexity index is 555. The van der Waals surface area contributed by atoms with Crippen molar-refractivity contribution in [3.05, 3.63) is 35.4 Å². The summed E-state index contributed by atoms with van der Waals surface area (Å²) in [5.41, 5.74) is 1.35. The first-order valence-electron chi connectivity index (χ1n) is 7.07. The molecule has 120 valence electrons. The summed E-state index contributed by atoms with van der Waals surface area (Å²) in [7, 11) is 1.27. The monoisotopic (exact) mass is 306 g/mol. The molecule has 0 heterocycles. The first kappa shape index (κ1) is 17.7. The van der Waals surface area contributed by atoms with Gasteiger partial charge in [-0.3, -0.25) is 9.59 Å². The normalized spacial score (nSPS) is 11.7. The maximum atomic E-state index is 12.0. The lowest BCUT2D eigenvalue weighted by atomic mass is 10.0. The summed E-state index contributed by atoms with van der Waals surface area (Å²) in [5, 5.41) is 5.10. The fraction of sp³-hybridized carbons (Fsp3) is 0.438. The number of benzene rings is 1. The molecule has 0 aliphatic heterocycles. The Morgan fingerprint density at radius 3 is 2.36 bits per heavy atom. The third-order valence-electron chi connectivity index (χ3n) is 3.24. The Balaban J connectivity index is 2.57. The van der Waals surface area contributed by atoms with Crippen molar-refractivity contribution in [2.75, 3.05) is 13.7 Å². The van der Waals surface area contributed by atoms with Crippen molar-refractivity contribution in [2.24, 2.45) is 5.92 Å². The van der Waals surface area contributed by atoms with E-state index in [1.807, 2.05) is 19.1 Å². The molecule has 2 amide bonds. The van der Waals surface area contributed by atoms with Crippen LogP contribution in [0.4, 0.5) is 0 Å². The van der Waals surface area contributed by atoms with E-state index in [9.17, 15) is 14.4 Å². The van der Waals surface area contributed by atoms with Crippen molar-refractivity contribution in [3.8, 4) is 0 Å². The third-order valence-corrected chi connectivity index (χ3v) is 3.24. The highest BCUT2D eigenvalue weighted by molar-refractivity contribution is 5.98. The Morgan fingerprint density at radius 2 is 1.82 bits per heavy atom. The molecule has 2 N–H and O–H groups in total. The number of carbonyl (C=O) groups is 3. The second-order valence-electron chi connectivity index (χ2n) is 5.31. The number of nitrogens with one attached hydrogen (secondary N) is 2. The lowest BCUT2D eigenvalue weighted by Crippen LogP contribution is -2.48. The van der Waals surface area contributed by atoms with Gasteiger partial charge in [-0.1, -0.05) is 32.0 Å². The second-order valence-corrected chi connectivity index (χ2v) is 5.31. The van der Waals surface area contributed by atoms with Gasteiger partial charge < -0.3 is 15.4 Å². The molecule has 0 bridgehead atoms. The molecule has 1 atom stereocenters. The summed E-state index contributed by atoms with van der Waals surface area (Å²) in [6, 6.07) is 6.37. The van der Waals surface area contributed by atoms with Gasteiger partial charge in [-0.05, 0) is 24.5 Å². The van der Waals surface area contributed by atoms with E-state index in [0.29, 0.717) is 5.56 Å². The molecule has 1 aromatic carbocycles. The van der Waals surface area contributed by atoms with Gasteiger partial charge in [-0.25, -0.2) is 4.79 Å². The van der Waals surface area contributed by atoms with Crippen LogP contribution in [0, 0.1) is 12.8 Å². The molecule has 1 rings (SSSR count). The van der Waals surface area contributed by atoms with E-state index >= 15 is 0 Å². The Hall–Kier alpha value is -2.37. The summed E-state index contributed by atoms with van der Waals surface area (Å²) in [6.07, 6.45) is 0. The maximum Gasteiger partial charge on any atom is 0.328 e. The highest BCUT2D eigenvalue weighted by Crippen LogP contribution is 2.06. The average molecular weight is 306 g/mol. The van der Waals surface area contributed by atoms with Crippen molar-refractivity contribution in [1.82, 2.24) is 10.6 Å². The molecule has 0 spiro atoms. The van der Waals surface area contributed by atoms with Crippen LogP contribution in [0.1, 0.15) is 29.8 Å². The quantitative estimate of drug-likeness (QED) is 0.769. The van der Waals surface area contributed by atoms with Crippen molar-refractivity contribution in [1.29, 1.82) is 0 Å². The van der Waals surface area contributed by atoms with Gasteiger partial charge in [-0.2, -0.15) is 0 Å². The van der Waals surface area contributed by atoms with E-state index in [1.165, 1.54) is 7.11 Å². The molecule has 22 heavy (non-hydrogen) atoms. The molecule has 0 saturated heterocycles. The number of hydrogen-bond acceptors (Lipinski definition) is 4. The summed E-state index contributed by atoms with van der Waals surface area (Å²) >= 11 is 0. The van der Waals surface area contributed by atoms with E-state index in [0.717, 1.165) is 5.56 Å².